The maximum Gasteiger partial charge on any atom is 0.193 e. The molecule has 1 unspecified atom stereocenters. The lowest BCUT2D eigenvalue weighted by Crippen LogP contribution is -2.39. The molecule has 0 aliphatic carbocycles. The van der Waals surface area contributed by atoms with Crippen LogP contribution in [-0.4, -0.2) is 47.4 Å². The summed E-state index contributed by atoms with van der Waals surface area (Å²) < 4.78 is 7.84. The Morgan fingerprint density at radius 1 is 1.36 bits per heavy atom. The van der Waals surface area contributed by atoms with Gasteiger partial charge in [0, 0.05) is 51.4 Å². The van der Waals surface area contributed by atoms with Crippen molar-refractivity contribution in [3.8, 4) is 5.75 Å². The lowest BCUT2D eigenvalue weighted by atomic mass is 10.0. The minimum atomic E-state index is 0. The van der Waals surface area contributed by atoms with E-state index in [1.165, 1.54) is 5.56 Å². The molecular formula is C21H32IN5O. The summed E-state index contributed by atoms with van der Waals surface area (Å²) in [5.41, 5.74) is 2.46. The van der Waals surface area contributed by atoms with Crippen molar-refractivity contribution in [3.63, 3.8) is 0 Å². The van der Waals surface area contributed by atoms with E-state index in [1.54, 1.807) is 0 Å². The number of nitrogens with one attached hydrogen (secondary N) is 1. The van der Waals surface area contributed by atoms with Gasteiger partial charge < -0.3 is 15.0 Å². The molecule has 6 nitrogen and oxygen atoms in total. The Morgan fingerprint density at radius 3 is 2.82 bits per heavy atom. The maximum absolute atomic E-state index is 5.96. The van der Waals surface area contributed by atoms with E-state index in [9.17, 15) is 0 Å². The molecule has 1 saturated heterocycles. The van der Waals surface area contributed by atoms with Gasteiger partial charge >= 0.3 is 0 Å². The highest BCUT2D eigenvalue weighted by Gasteiger charge is 2.26. The van der Waals surface area contributed by atoms with Crippen LogP contribution in [0.4, 0.5) is 0 Å². The summed E-state index contributed by atoms with van der Waals surface area (Å²) in [5.74, 6) is 2.91. The number of aryl methyl sites for hydroxylation is 1. The number of guanidine groups is 1. The first kappa shape index (κ1) is 22.5. The zero-order valence-corrected chi connectivity index (χ0v) is 19.6. The van der Waals surface area contributed by atoms with Crippen molar-refractivity contribution in [2.45, 2.75) is 32.7 Å². The maximum atomic E-state index is 5.96. The van der Waals surface area contributed by atoms with E-state index in [2.05, 4.69) is 52.5 Å². The van der Waals surface area contributed by atoms with Gasteiger partial charge in [0.1, 0.15) is 5.75 Å². The van der Waals surface area contributed by atoms with E-state index in [1.807, 2.05) is 37.1 Å². The molecule has 2 heterocycles. The van der Waals surface area contributed by atoms with Crippen molar-refractivity contribution in [1.82, 2.24) is 20.0 Å². The molecule has 0 amide bonds. The zero-order valence-electron chi connectivity index (χ0n) is 17.3. The fourth-order valence-electron chi connectivity index (χ4n) is 3.43. The smallest absolute Gasteiger partial charge is 0.193 e. The van der Waals surface area contributed by atoms with E-state index >= 15 is 0 Å². The van der Waals surface area contributed by atoms with Crippen LogP contribution in [0.25, 0.3) is 0 Å². The molecule has 0 bridgehead atoms. The van der Waals surface area contributed by atoms with E-state index in [0.717, 1.165) is 43.4 Å². The molecule has 3 rings (SSSR count). The molecule has 1 aliphatic rings. The van der Waals surface area contributed by atoms with Crippen LogP contribution in [0.1, 0.15) is 37.3 Å². The monoisotopic (exact) mass is 497 g/mol. The molecule has 0 spiro atoms. The second-order valence-electron chi connectivity index (χ2n) is 7.59. The Kier molecular flexibility index (Phi) is 8.59. The molecular weight excluding hydrogens is 465 g/mol. The van der Waals surface area contributed by atoms with Crippen LogP contribution in [0.5, 0.6) is 5.75 Å². The number of rotatable bonds is 6. The van der Waals surface area contributed by atoms with Gasteiger partial charge in [-0.1, -0.05) is 32.0 Å². The average Bonchev–Trinajstić information content (AvgIpc) is 3.30. The number of ether oxygens (including phenoxy) is 1. The lowest BCUT2D eigenvalue weighted by molar-refractivity contribution is 0.268. The number of aliphatic imine (C=N–C) groups is 1. The van der Waals surface area contributed by atoms with Crippen LogP contribution in [0.3, 0.4) is 0 Å². The predicted octanol–water partition coefficient (Wildman–Crippen LogP) is 3.64. The third-order valence-corrected chi connectivity index (χ3v) is 4.88. The van der Waals surface area contributed by atoms with Crippen molar-refractivity contribution >= 4 is 29.9 Å². The van der Waals surface area contributed by atoms with Crippen LogP contribution in [0, 0.1) is 5.92 Å². The summed E-state index contributed by atoms with van der Waals surface area (Å²) in [5, 5.41) is 7.81. The topological polar surface area (TPSA) is 54.7 Å². The molecule has 1 atom stereocenters. The zero-order chi connectivity index (χ0) is 19.2. The van der Waals surface area contributed by atoms with Gasteiger partial charge in [-0.05, 0) is 24.0 Å². The number of benzene rings is 1. The standard InChI is InChI=1S/C21H31N5O.HI/c1-16(2)15-27-20-8-6-5-7-17(20)11-23-21(22-3)26-10-9-18(14-26)19-12-24-25(4)13-19;/h5-8,12-13,16,18H,9-11,14-15H2,1-4H3,(H,22,23);1H. The van der Waals surface area contributed by atoms with Gasteiger partial charge in [0.25, 0.3) is 0 Å². The van der Waals surface area contributed by atoms with E-state index in [4.69, 9.17) is 4.74 Å². The number of likely N-dealkylation sites (tertiary alicyclic amines) is 1. The highest BCUT2D eigenvalue weighted by molar-refractivity contribution is 14.0. The minimum absolute atomic E-state index is 0. The first-order valence-corrected chi connectivity index (χ1v) is 9.71. The molecule has 1 aromatic carbocycles. The van der Waals surface area contributed by atoms with Gasteiger partial charge in [-0.2, -0.15) is 5.10 Å². The Bertz CT molecular complexity index is 774. The van der Waals surface area contributed by atoms with Gasteiger partial charge in [-0.3, -0.25) is 9.67 Å². The number of hydrogen-bond donors (Lipinski definition) is 1. The Labute approximate surface area is 185 Å². The Balaban J connectivity index is 0.00000280. The molecule has 0 saturated carbocycles. The number of aromatic nitrogens is 2. The lowest BCUT2D eigenvalue weighted by Gasteiger charge is -2.22. The predicted molar refractivity (Wildman–Crippen MR) is 125 cm³/mol. The molecule has 28 heavy (non-hydrogen) atoms. The summed E-state index contributed by atoms with van der Waals surface area (Å²) >= 11 is 0. The quantitative estimate of drug-likeness (QED) is 0.376. The fraction of sp³-hybridized carbons (Fsp3) is 0.524. The third-order valence-electron chi connectivity index (χ3n) is 4.88. The van der Waals surface area contributed by atoms with Crippen LogP contribution < -0.4 is 10.1 Å². The van der Waals surface area contributed by atoms with E-state index in [0.29, 0.717) is 18.4 Å². The average molecular weight is 497 g/mol. The molecule has 0 radical (unpaired) electrons. The van der Waals surface area contributed by atoms with Gasteiger partial charge in [0.15, 0.2) is 5.96 Å². The summed E-state index contributed by atoms with van der Waals surface area (Å²) in [6.45, 7) is 7.73. The van der Waals surface area contributed by atoms with Crippen molar-refractivity contribution < 1.29 is 4.74 Å². The minimum Gasteiger partial charge on any atom is -0.493 e. The van der Waals surface area contributed by atoms with E-state index < -0.39 is 0 Å². The summed E-state index contributed by atoms with van der Waals surface area (Å²) in [6.07, 6.45) is 5.22. The highest BCUT2D eigenvalue weighted by Crippen LogP contribution is 2.27. The van der Waals surface area contributed by atoms with Crippen LogP contribution in [0.2, 0.25) is 0 Å². The molecule has 2 aromatic rings. The largest absolute Gasteiger partial charge is 0.493 e. The number of halogens is 1. The summed E-state index contributed by atoms with van der Waals surface area (Å²) in [7, 11) is 3.82. The molecule has 1 aliphatic heterocycles. The number of para-hydroxylation sites is 1. The molecule has 1 aromatic heterocycles. The van der Waals surface area contributed by atoms with Crippen molar-refractivity contribution in [2.24, 2.45) is 18.0 Å². The Hall–Kier alpha value is -1.77. The van der Waals surface area contributed by atoms with E-state index in [-0.39, 0.29) is 24.0 Å². The van der Waals surface area contributed by atoms with Crippen LogP contribution in [-0.2, 0) is 13.6 Å². The summed E-state index contributed by atoms with van der Waals surface area (Å²) in [6, 6.07) is 8.22. The molecule has 1 fully saturated rings. The first-order chi connectivity index (χ1) is 13.1. The normalized spacial score (nSPS) is 17.0. The highest BCUT2D eigenvalue weighted by atomic mass is 127. The second kappa shape index (κ2) is 10.7. The third kappa shape index (κ3) is 5.86. The number of hydrogen-bond acceptors (Lipinski definition) is 3. The SMILES string of the molecule is CN=C(NCc1ccccc1OCC(C)C)N1CCC(c2cnn(C)c2)C1.I. The summed E-state index contributed by atoms with van der Waals surface area (Å²) in [4.78, 5) is 6.82. The second-order valence-corrected chi connectivity index (χ2v) is 7.59. The van der Waals surface area contributed by atoms with Gasteiger partial charge in [-0.25, -0.2) is 0 Å². The van der Waals surface area contributed by atoms with Gasteiger partial charge in [0.05, 0.1) is 12.8 Å². The van der Waals surface area contributed by atoms with Crippen molar-refractivity contribution in [3.05, 3.63) is 47.8 Å². The molecule has 7 heteroatoms. The molecule has 154 valence electrons. The van der Waals surface area contributed by atoms with Gasteiger partial charge in [0.2, 0.25) is 0 Å². The van der Waals surface area contributed by atoms with Crippen LogP contribution in [0.15, 0.2) is 41.7 Å². The van der Waals surface area contributed by atoms with Crippen molar-refractivity contribution in [1.29, 1.82) is 0 Å². The fourth-order valence-corrected chi connectivity index (χ4v) is 3.43. The van der Waals surface area contributed by atoms with Crippen molar-refractivity contribution in [2.75, 3.05) is 26.7 Å². The molecule has 1 N–H and O–H groups in total. The first-order valence-electron chi connectivity index (χ1n) is 9.71. The number of nitrogens with zero attached hydrogens (tertiary/aromatic N) is 4. The van der Waals surface area contributed by atoms with Crippen LogP contribution >= 0.6 is 24.0 Å². The van der Waals surface area contributed by atoms with Gasteiger partial charge in [-0.15, -0.1) is 24.0 Å². The Morgan fingerprint density at radius 2 is 2.14 bits per heavy atom.